The number of halogens is 2. The number of hydrogen-bond donors (Lipinski definition) is 4. The summed E-state index contributed by atoms with van der Waals surface area (Å²) >= 11 is 0. The maximum absolute atomic E-state index is 14.1. The molecule has 1 aromatic carbocycles. The zero-order valence-corrected chi connectivity index (χ0v) is 17.1. The monoisotopic (exact) mass is 431 g/mol. The number of nitrogens with zero attached hydrogens (tertiary/aromatic N) is 4. The highest BCUT2D eigenvalue weighted by atomic mass is 19.1. The lowest BCUT2D eigenvalue weighted by atomic mass is 10.1. The number of carbonyl (C=O) groups is 1. The van der Waals surface area contributed by atoms with Gasteiger partial charge in [-0.3, -0.25) is 9.48 Å². The highest BCUT2D eigenvalue weighted by Gasteiger charge is 2.12. The van der Waals surface area contributed by atoms with Gasteiger partial charge in [0.25, 0.3) is 0 Å². The fourth-order valence-electron chi connectivity index (χ4n) is 2.73. The molecule has 0 fully saturated rings. The second-order valence-corrected chi connectivity index (χ2v) is 6.98. The van der Waals surface area contributed by atoms with Gasteiger partial charge in [-0.25, -0.2) is 13.8 Å². The van der Waals surface area contributed by atoms with Crippen LogP contribution in [0.3, 0.4) is 0 Å². The van der Waals surface area contributed by atoms with Crippen LogP contribution >= 0.6 is 0 Å². The molecule has 31 heavy (non-hydrogen) atoms. The number of anilines is 3. The van der Waals surface area contributed by atoms with E-state index in [-0.39, 0.29) is 43.2 Å². The van der Waals surface area contributed by atoms with E-state index in [0.717, 1.165) is 0 Å². The average molecular weight is 431 g/mol. The van der Waals surface area contributed by atoms with Crippen LogP contribution in [-0.4, -0.2) is 43.4 Å². The first kappa shape index (κ1) is 22.1. The van der Waals surface area contributed by atoms with E-state index >= 15 is 0 Å². The van der Waals surface area contributed by atoms with Gasteiger partial charge in [0.15, 0.2) is 0 Å². The molecule has 1 atom stereocenters. The van der Waals surface area contributed by atoms with Gasteiger partial charge >= 0.3 is 0 Å². The molecule has 3 rings (SSSR count). The standard InChI is InChI=1S/C20H23F2N7O2/c1-12-3-4-16(21)15(19(12)22)8-24-17-5-6-23-20(28-17)27-14-7-25-29(9-14)10-18(31)26-13(2)11-30/h3-7,9,13,30H,8,10-11H2,1-2H3,(H,26,31)(H2,23,24,27,28)/t13-/m0/s1. The molecule has 0 aliphatic rings. The third-order valence-corrected chi connectivity index (χ3v) is 4.36. The lowest BCUT2D eigenvalue weighted by Gasteiger charge is -2.10. The summed E-state index contributed by atoms with van der Waals surface area (Å²) in [6.45, 7) is 3.02. The zero-order valence-electron chi connectivity index (χ0n) is 17.1. The van der Waals surface area contributed by atoms with E-state index in [1.54, 1.807) is 26.1 Å². The van der Waals surface area contributed by atoms with Gasteiger partial charge in [0.2, 0.25) is 11.9 Å². The van der Waals surface area contributed by atoms with Gasteiger partial charge in [-0.05, 0) is 31.5 Å². The van der Waals surface area contributed by atoms with E-state index in [1.165, 1.54) is 29.2 Å². The first-order valence-electron chi connectivity index (χ1n) is 9.55. The SMILES string of the molecule is Cc1ccc(F)c(CNc2ccnc(Nc3cnn(CC(=O)N[C@@H](C)CO)c3)n2)c1F. The van der Waals surface area contributed by atoms with Crippen molar-refractivity contribution in [1.82, 2.24) is 25.1 Å². The molecule has 0 bridgehead atoms. The average Bonchev–Trinajstić information content (AvgIpc) is 3.17. The number of hydrogen-bond acceptors (Lipinski definition) is 7. The maximum atomic E-state index is 14.1. The van der Waals surface area contributed by atoms with Gasteiger partial charge < -0.3 is 21.1 Å². The van der Waals surface area contributed by atoms with Crippen molar-refractivity contribution in [3.8, 4) is 0 Å². The van der Waals surface area contributed by atoms with Crippen molar-refractivity contribution in [1.29, 1.82) is 0 Å². The summed E-state index contributed by atoms with van der Waals surface area (Å²) in [6, 6.07) is 3.85. The van der Waals surface area contributed by atoms with E-state index in [2.05, 4.69) is 31.0 Å². The summed E-state index contributed by atoms with van der Waals surface area (Å²) < 4.78 is 29.5. The van der Waals surface area contributed by atoms with Crippen molar-refractivity contribution in [3.05, 3.63) is 59.6 Å². The Morgan fingerprint density at radius 2 is 2.10 bits per heavy atom. The second-order valence-electron chi connectivity index (χ2n) is 6.98. The third kappa shape index (κ3) is 5.95. The molecular weight excluding hydrogens is 408 g/mol. The number of aliphatic hydroxyl groups excluding tert-OH is 1. The zero-order chi connectivity index (χ0) is 22.4. The maximum Gasteiger partial charge on any atom is 0.242 e. The lowest BCUT2D eigenvalue weighted by Crippen LogP contribution is -2.37. The van der Waals surface area contributed by atoms with Gasteiger partial charge in [-0.1, -0.05) is 6.07 Å². The van der Waals surface area contributed by atoms with Gasteiger partial charge in [0.05, 0.1) is 18.5 Å². The summed E-state index contributed by atoms with van der Waals surface area (Å²) in [5, 5.41) is 21.5. The van der Waals surface area contributed by atoms with Crippen LogP contribution in [0, 0.1) is 18.6 Å². The Balaban J connectivity index is 1.61. The lowest BCUT2D eigenvalue weighted by molar-refractivity contribution is -0.122. The molecule has 0 saturated heterocycles. The number of amides is 1. The van der Waals surface area contributed by atoms with E-state index in [0.29, 0.717) is 17.1 Å². The first-order chi connectivity index (χ1) is 14.9. The van der Waals surface area contributed by atoms with Crippen molar-refractivity contribution < 1.29 is 18.7 Å². The second kappa shape index (κ2) is 9.94. The van der Waals surface area contributed by atoms with Gasteiger partial charge in [0, 0.05) is 30.5 Å². The quantitative estimate of drug-likeness (QED) is 0.410. The molecule has 164 valence electrons. The Bertz CT molecular complexity index is 1060. The van der Waals surface area contributed by atoms with E-state index in [4.69, 9.17) is 5.11 Å². The molecule has 0 spiro atoms. The minimum absolute atomic E-state index is 0.0118. The summed E-state index contributed by atoms with van der Waals surface area (Å²) in [6.07, 6.45) is 4.60. The molecule has 0 aliphatic heterocycles. The number of benzene rings is 1. The molecule has 9 nitrogen and oxygen atoms in total. The topological polar surface area (TPSA) is 117 Å². The summed E-state index contributed by atoms with van der Waals surface area (Å²) in [5.74, 6) is -0.887. The Hall–Kier alpha value is -3.60. The van der Waals surface area contributed by atoms with Gasteiger partial charge in [-0.15, -0.1) is 0 Å². The van der Waals surface area contributed by atoms with E-state index < -0.39 is 11.6 Å². The Morgan fingerprint density at radius 3 is 2.87 bits per heavy atom. The molecule has 3 aromatic rings. The number of nitrogens with one attached hydrogen (secondary N) is 3. The largest absolute Gasteiger partial charge is 0.394 e. The molecule has 0 aliphatic carbocycles. The van der Waals surface area contributed by atoms with Crippen molar-refractivity contribution in [2.75, 3.05) is 17.2 Å². The van der Waals surface area contributed by atoms with Crippen LogP contribution in [0.1, 0.15) is 18.1 Å². The van der Waals surface area contributed by atoms with Crippen LogP contribution in [0.5, 0.6) is 0 Å². The van der Waals surface area contributed by atoms with Crippen molar-refractivity contribution in [2.24, 2.45) is 0 Å². The molecule has 0 unspecified atom stereocenters. The minimum Gasteiger partial charge on any atom is -0.394 e. The number of aliphatic hydroxyl groups is 1. The summed E-state index contributed by atoms with van der Waals surface area (Å²) in [4.78, 5) is 20.2. The molecule has 0 radical (unpaired) electrons. The first-order valence-corrected chi connectivity index (χ1v) is 9.55. The van der Waals surface area contributed by atoms with Gasteiger partial charge in [0.1, 0.15) is 24.0 Å². The fourth-order valence-corrected chi connectivity index (χ4v) is 2.73. The predicted octanol–water partition coefficient (Wildman–Crippen LogP) is 2.11. The molecule has 4 N–H and O–H groups in total. The van der Waals surface area contributed by atoms with Crippen LogP contribution in [0.15, 0.2) is 36.8 Å². The Morgan fingerprint density at radius 1 is 1.29 bits per heavy atom. The molecule has 2 aromatic heterocycles. The molecule has 11 heteroatoms. The normalized spacial score (nSPS) is 11.8. The Labute approximate surface area is 177 Å². The smallest absolute Gasteiger partial charge is 0.242 e. The van der Waals surface area contributed by atoms with Crippen LogP contribution in [0.2, 0.25) is 0 Å². The van der Waals surface area contributed by atoms with Crippen molar-refractivity contribution in [2.45, 2.75) is 33.0 Å². The predicted molar refractivity (Wildman–Crippen MR) is 111 cm³/mol. The highest BCUT2D eigenvalue weighted by Crippen LogP contribution is 2.18. The molecule has 2 heterocycles. The van der Waals surface area contributed by atoms with Gasteiger partial charge in [-0.2, -0.15) is 10.1 Å². The third-order valence-electron chi connectivity index (χ3n) is 4.36. The van der Waals surface area contributed by atoms with Crippen LogP contribution in [0.25, 0.3) is 0 Å². The van der Waals surface area contributed by atoms with E-state index in [9.17, 15) is 13.6 Å². The molecular formula is C20H23F2N7O2. The number of rotatable bonds is 9. The fraction of sp³-hybridized carbons (Fsp3) is 0.300. The van der Waals surface area contributed by atoms with Crippen molar-refractivity contribution >= 4 is 23.4 Å². The number of aromatic nitrogens is 4. The number of carbonyl (C=O) groups excluding carboxylic acids is 1. The van der Waals surface area contributed by atoms with Crippen LogP contribution in [0.4, 0.5) is 26.2 Å². The van der Waals surface area contributed by atoms with Crippen molar-refractivity contribution in [3.63, 3.8) is 0 Å². The minimum atomic E-state index is -0.632. The van der Waals surface area contributed by atoms with E-state index in [1.807, 2.05) is 0 Å². The highest BCUT2D eigenvalue weighted by molar-refractivity contribution is 5.76. The summed E-state index contributed by atoms with van der Waals surface area (Å²) in [5.41, 5.74) is 0.846. The Kier molecular flexibility index (Phi) is 7.08. The number of aryl methyl sites for hydroxylation is 1. The van der Waals surface area contributed by atoms with Crippen LogP contribution < -0.4 is 16.0 Å². The molecule has 0 saturated carbocycles. The van der Waals surface area contributed by atoms with Crippen LogP contribution in [-0.2, 0) is 17.9 Å². The molecule has 1 amide bonds. The summed E-state index contributed by atoms with van der Waals surface area (Å²) in [7, 11) is 0.